The quantitative estimate of drug-likeness (QED) is 0.531. The average molecular weight is 354 g/mol. The number of hydrogen-bond acceptors (Lipinski definition) is 6. The number of aliphatic hydroxyl groups excluding tert-OH is 3. The van der Waals surface area contributed by atoms with Crippen molar-refractivity contribution in [2.24, 2.45) is 0 Å². The normalized spacial score (nSPS) is 11.8. The highest BCUT2D eigenvalue weighted by atomic mass is 16.3. The average Bonchev–Trinajstić information content (AvgIpc) is 3.05. The lowest BCUT2D eigenvalue weighted by atomic mass is 9.99. The van der Waals surface area contributed by atoms with E-state index in [1.165, 1.54) is 0 Å². The van der Waals surface area contributed by atoms with Crippen LogP contribution in [0, 0.1) is 18.3 Å². The van der Waals surface area contributed by atoms with Gasteiger partial charge in [0.2, 0.25) is 0 Å². The summed E-state index contributed by atoms with van der Waals surface area (Å²) in [5.74, 6) is 0.616. The highest BCUT2D eigenvalue weighted by Gasteiger charge is 2.31. The van der Waals surface area contributed by atoms with E-state index >= 15 is 0 Å². The molecule has 0 radical (unpaired) electrons. The van der Waals surface area contributed by atoms with Gasteiger partial charge >= 0.3 is 0 Å². The molecule has 0 amide bonds. The summed E-state index contributed by atoms with van der Waals surface area (Å²) in [6, 6.07) is 9.77. The highest BCUT2D eigenvalue weighted by Crippen LogP contribution is 2.32. The van der Waals surface area contributed by atoms with Crippen LogP contribution in [0.5, 0.6) is 0 Å². The minimum Gasteiger partial charge on any atom is -0.394 e. The Balaban J connectivity index is 2.45. The molecule has 0 saturated heterocycles. The summed E-state index contributed by atoms with van der Waals surface area (Å²) in [7, 11) is 0. The standard InChI is InChI=1S/C19H22N4O3/c1-3-13-12(2)14(8-20)17-21-15-6-4-5-7-16(15)23(17)18(13)22-19(9-24,10-25)11-26/h4-7,22,24-26H,3,9-11H2,1-2H3. The Morgan fingerprint density at radius 2 is 1.85 bits per heavy atom. The number of aromatic nitrogens is 2. The highest BCUT2D eigenvalue weighted by molar-refractivity contribution is 5.86. The van der Waals surface area contributed by atoms with Crippen LogP contribution in [-0.4, -0.2) is 50.1 Å². The summed E-state index contributed by atoms with van der Waals surface area (Å²) in [6.07, 6.45) is 0.629. The van der Waals surface area contributed by atoms with Crippen LogP contribution in [0.3, 0.4) is 0 Å². The van der Waals surface area contributed by atoms with Gasteiger partial charge in [0.25, 0.3) is 0 Å². The van der Waals surface area contributed by atoms with Crippen molar-refractivity contribution in [1.82, 2.24) is 9.38 Å². The largest absolute Gasteiger partial charge is 0.394 e. The van der Waals surface area contributed by atoms with Gasteiger partial charge in [-0.25, -0.2) is 4.98 Å². The molecule has 3 aromatic rings. The Morgan fingerprint density at radius 1 is 1.19 bits per heavy atom. The van der Waals surface area contributed by atoms with Crippen LogP contribution >= 0.6 is 0 Å². The molecule has 0 spiro atoms. The third-order valence-corrected chi connectivity index (χ3v) is 4.88. The molecule has 3 rings (SSSR count). The number of aliphatic hydroxyl groups is 3. The molecule has 1 aromatic carbocycles. The first-order valence-electron chi connectivity index (χ1n) is 8.49. The van der Waals surface area contributed by atoms with E-state index in [-0.39, 0.29) is 0 Å². The monoisotopic (exact) mass is 354 g/mol. The van der Waals surface area contributed by atoms with Crippen LogP contribution in [0.2, 0.25) is 0 Å². The van der Waals surface area contributed by atoms with Gasteiger partial charge in [-0.3, -0.25) is 4.40 Å². The van der Waals surface area contributed by atoms with Crippen molar-refractivity contribution in [2.45, 2.75) is 25.8 Å². The van der Waals surface area contributed by atoms with E-state index in [2.05, 4.69) is 16.4 Å². The van der Waals surface area contributed by atoms with E-state index < -0.39 is 25.4 Å². The molecule has 0 aliphatic carbocycles. The number of fused-ring (bicyclic) bond motifs is 3. The zero-order valence-electron chi connectivity index (χ0n) is 14.8. The first-order chi connectivity index (χ1) is 12.6. The number of hydrogen-bond donors (Lipinski definition) is 4. The smallest absolute Gasteiger partial charge is 0.157 e. The van der Waals surface area contributed by atoms with Gasteiger partial charge in [0, 0.05) is 0 Å². The predicted molar refractivity (Wildman–Crippen MR) is 99.1 cm³/mol. The first-order valence-corrected chi connectivity index (χ1v) is 8.49. The van der Waals surface area contributed by atoms with Crippen molar-refractivity contribution in [3.8, 4) is 6.07 Å². The van der Waals surface area contributed by atoms with Crippen LogP contribution in [0.4, 0.5) is 5.82 Å². The van der Waals surface area contributed by atoms with Crippen LogP contribution in [0.25, 0.3) is 16.7 Å². The van der Waals surface area contributed by atoms with E-state index in [0.717, 1.165) is 22.2 Å². The zero-order chi connectivity index (χ0) is 18.9. The number of anilines is 1. The second-order valence-corrected chi connectivity index (χ2v) is 6.43. The van der Waals surface area contributed by atoms with Gasteiger partial charge in [-0.1, -0.05) is 19.1 Å². The van der Waals surface area contributed by atoms with Gasteiger partial charge in [0.1, 0.15) is 17.4 Å². The molecule has 136 valence electrons. The van der Waals surface area contributed by atoms with Crippen LogP contribution in [0.1, 0.15) is 23.6 Å². The second kappa shape index (κ2) is 6.92. The SMILES string of the molecule is CCc1c(C)c(C#N)c2nc3ccccc3n2c1NC(CO)(CO)CO. The fourth-order valence-corrected chi connectivity index (χ4v) is 3.27. The van der Waals surface area contributed by atoms with Crippen LogP contribution in [-0.2, 0) is 6.42 Å². The Hall–Kier alpha value is -2.66. The van der Waals surface area contributed by atoms with Crippen molar-refractivity contribution in [3.63, 3.8) is 0 Å². The van der Waals surface area contributed by atoms with E-state index in [1.54, 1.807) is 0 Å². The number of imidazole rings is 1. The molecular weight excluding hydrogens is 332 g/mol. The molecule has 0 fully saturated rings. The van der Waals surface area contributed by atoms with E-state index in [0.29, 0.717) is 23.4 Å². The molecule has 0 aliphatic rings. The predicted octanol–water partition coefficient (Wildman–Crippen LogP) is 1.36. The maximum atomic E-state index is 9.75. The van der Waals surface area contributed by atoms with Gasteiger partial charge in [-0.05, 0) is 36.6 Å². The fraction of sp³-hybridized carbons (Fsp3) is 0.368. The number of benzene rings is 1. The lowest BCUT2D eigenvalue weighted by Crippen LogP contribution is -2.50. The molecule has 2 heterocycles. The number of pyridine rings is 1. The lowest BCUT2D eigenvalue weighted by Gasteiger charge is -2.32. The summed E-state index contributed by atoms with van der Waals surface area (Å²) in [4.78, 5) is 4.60. The molecule has 4 N–H and O–H groups in total. The Labute approximate surface area is 151 Å². The van der Waals surface area contributed by atoms with Crippen molar-refractivity contribution in [1.29, 1.82) is 5.26 Å². The van der Waals surface area contributed by atoms with Gasteiger partial charge in [-0.2, -0.15) is 5.26 Å². The molecule has 26 heavy (non-hydrogen) atoms. The van der Waals surface area contributed by atoms with Gasteiger partial charge in [0.15, 0.2) is 5.65 Å². The molecule has 0 aliphatic heterocycles. The number of nitriles is 1. The topological polar surface area (TPSA) is 114 Å². The molecule has 7 heteroatoms. The summed E-state index contributed by atoms with van der Waals surface area (Å²) in [5, 5.41) is 42.1. The number of rotatable bonds is 6. The Bertz CT molecular complexity index is 991. The van der Waals surface area contributed by atoms with Crippen LogP contribution in [0.15, 0.2) is 24.3 Å². The molecule has 7 nitrogen and oxygen atoms in total. The number of nitrogens with zero attached hydrogens (tertiary/aromatic N) is 3. The summed E-state index contributed by atoms with van der Waals surface area (Å²) in [6.45, 7) is 2.49. The van der Waals surface area contributed by atoms with Crippen molar-refractivity contribution >= 4 is 22.5 Å². The molecule has 2 aromatic heterocycles. The number of nitrogens with one attached hydrogen (secondary N) is 1. The Morgan fingerprint density at radius 3 is 2.42 bits per heavy atom. The van der Waals surface area contributed by atoms with E-state index in [1.807, 2.05) is 42.5 Å². The van der Waals surface area contributed by atoms with Crippen LogP contribution < -0.4 is 5.32 Å². The molecule has 0 unspecified atom stereocenters. The minimum absolute atomic E-state index is 0.448. The minimum atomic E-state index is -1.29. The first kappa shape index (κ1) is 18.1. The number of para-hydroxylation sites is 2. The molecule has 0 bridgehead atoms. The van der Waals surface area contributed by atoms with Gasteiger partial charge in [-0.15, -0.1) is 0 Å². The van der Waals surface area contributed by atoms with Gasteiger partial charge < -0.3 is 20.6 Å². The Kier molecular flexibility index (Phi) is 4.83. The lowest BCUT2D eigenvalue weighted by molar-refractivity contribution is 0.0830. The second-order valence-electron chi connectivity index (χ2n) is 6.43. The third-order valence-electron chi connectivity index (χ3n) is 4.88. The molecule has 0 saturated carbocycles. The van der Waals surface area contributed by atoms with Crippen molar-refractivity contribution in [3.05, 3.63) is 41.0 Å². The summed E-state index contributed by atoms with van der Waals surface area (Å²) in [5.41, 5.74) is 2.92. The molecular formula is C19H22N4O3. The van der Waals surface area contributed by atoms with E-state index in [4.69, 9.17) is 0 Å². The van der Waals surface area contributed by atoms with Crippen molar-refractivity contribution in [2.75, 3.05) is 25.1 Å². The zero-order valence-corrected chi connectivity index (χ0v) is 14.8. The molecule has 0 atom stereocenters. The maximum Gasteiger partial charge on any atom is 0.157 e. The van der Waals surface area contributed by atoms with E-state index in [9.17, 15) is 20.6 Å². The maximum absolute atomic E-state index is 9.75. The third kappa shape index (κ3) is 2.59. The fourth-order valence-electron chi connectivity index (χ4n) is 3.27. The van der Waals surface area contributed by atoms with Gasteiger partial charge in [0.05, 0.1) is 36.4 Å². The van der Waals surface area contributed by atoms with Crippen molar-refractivity contribution < 1.29 is 15.3 Å². The summed E-state index contributed by atoms with van der Waals surface area (Å²) >= 11 is 0. The summed E-state index contributed by atoms with van der Waals surface area (Å²) < 4.78 is 1.83.